The molecule has 0 fully saturated rings. The first-order chi connectivity index (χ1) is 8.63. The monoisotopic (exact) mass is 324 g/mol. The number of aryl methyl sites for hydroxylation is 1. The van der Waals surface area contributed by atoms with Crippen molar-refractivity contribution in [2.45, 2.75) is 13.8 Å². The number of hydrogen-bond acceptors (Lipinski definition) is 3. The van der Waals surface area contributed by atoms with E-state index < -0.39 is 0 Å². The van der Waals surface area contributed by atoms with Crippen LogP contribution in [0.4, 0.5) is 0 Å². The Morgan fingerprint density at radius 2 is 2.17 bits per heavy atom. The first kappa shape index (κ1) is 13.3. The van der Waals surface area contributed by atoms with Gasteiger partial charge in [-0.05, 0) is 65.0 Å². The van der Waals surface area contributed by atoms with Crippen LogP contribution in [0.5, 0.6) is 5.75 Å². The average molecular weight is 325 g/mol. The van der Waals surface area contributed by atoms with E-state index in [-0.39, 0.29) is 5.78 Å². The molecule has 1 aromatic carbocycles. The summed E-state index contributed by atoms with van der Waals surface area (Å²) in [5, 5.41) is 1.94. The first-order valence-corrected chi connectivity index (χ1v) is 7.32. The van der Waals surface area contributed by atoms with Crippen LogP contribution in [0, 0.1) is 6.92 Å². The average Bonchev–Trinajstić information content (AvgIpc) is 2.75. The molecule has 1 aromatic heterocycles. The maximum absolute atomic E-state index is 12.4. The number of halogens is 1. The van der Waals surface area contributed by atoms with Gasteiger partial charge >= 0.3 is 0 Å². The van der Waals surface area contributed by atoms with Gasteiger partial charge in [0, 0.05) is 10.0 Å². The second-order valence-electron chi connectivity index (χ2n) is 3.84. The fourth-order valence-electron chi connectivity index (χ4n) is 1.66. The van der Waals surface area contributed by atoms with E-state index in [0.29, 0.717) is 12.2 Å². The lowest BCUT2D eigenvalue weighted by Gasteiger charge is -2.07. The second-order valence-corrected chi connectivity index (χ2v) is 5.61. The topological polar surface area (TPSA) is 26.3 Å². The van der Waals surface area contributed by atoms with Crippen molar-refractivity contribution in [1.82, 2.24) is 0 Å². The highest BCUT2D eigenvalue weighted by atomic mass is 79.9. The van der Waals surface area contributed by atoms with Gasteiger partial charge in [0.25, 0.3) is 0 Å². The number of hydrogen-bond donors (Lipinski definition) is 0. The van der Waals surface area contributed by atoms with Crippen LogP contribution in [0.2, 0.25) is 0 Å². The zero-order valence-corrected chi connectivity index (χ0v) is 12.6. The Kier molecular flexibility index (Phi) is 4.19. The number of thiophene rings is 1. The van der Waals surface area contributed by atoms with E-state index in [1.165, 1.54) is 11.3 Å². The largest absolute Gasteiger partial charge is 0.494 e. The summed E-state index contributed by atoms with van der Waals surface area (Å²) in [4.78, 5) is 13.1. The van der Waals surface area contributed by atoms with Crippen LogP contribution in [0.25, 0.3) is 0 Å². The quantitative estimate of drug-likeness (QED) is 0.777. The third-order valence-corrected chi connectivity index (χ3v) is 4.24. The molecule has 18 heavy (non-hydrogen) atoms. The Hall–Kier alpha value is -1.13. The fourth-order valence-corrected chi connectivity index (χ4v) is 3.08. The summed E-state index contributed by atoms with van der Waals surface area (Å²) in [6, 6.07) is 7.42. The molecule has 0 N–H and O–H groups in total. The first-order valence-electron chi connectivity index (χ1n) is 5.64. The van der Waals surface area contributed by atoms with Crippen LogP contribution >= 0.6 is 27.3 Å². The smallest absolute Gasteiger partial charge is 0.204 e. The van der Waals surface area contributed by atoms with Gasteiger partial charge in [0.1, 0.15) is 5.75 Å². The predicted octanol–water partition coefficient (Wildman–Crippen LogP) is 4.45. The number of carbonyl (C=O) groups excluding carboxylic acids is 1. The minimum absolute atomic E-state index is 0.0532. The number of carbonyl (C=O) groups is 1. The molecule has 0 unspecified atom stereocenters. The molecule has 0 atom stereocenters. The number of ketones is 1. The Labute approximate surface area is 119 Å². The maximum atomic E-state index is 12.4. The SMILES string of the molecule is CCOc1ccc(C(=O)c2sccc2C)c(Br)c1. The third-order valence-electron chi connectivity index (χ3n) is 2.56. The lowest BCUT2D eigenvalue weighted by molar-refractivity contribution is 0.104. The number of benzene rings is 1. The molecule has 4 heteroatoms. The van der Waals surface area contributed by atoms with E-state index >= 15 is 0 Å². The van der Waals surface area contributed by atoms with Crippen LogP contribution in [0.15, 0.2) is 34.1 Å². The molecule has 2 nitrogen and oxygen atoms in total. The van der Waals surface area contributed by atoms with E-state index in [1.54, 1.807) is 6.07 Å². The van der Waals surface area contributed by atoms with E-state index in [4.69, 9.17) is 4.74 Å². The Bertz CT molecular complexity index is 575. The van der Waals surface area contributed by atoms with Crippen LogP contribution in [0.1, 0.15) is 27.7 Å². The van der Waals surface area contributed by atoms with Crippen molar-refractivity contribution in [1.29, 1.82) is 0 Å². The number of ether oxygens (including phenoxy) is 1. The molecule has 0 amide bonds. The van der Waals surface area contributed by atoms with Gasteiger partial charge < -0.3 is 4.74 Å². The van der Waals surface area contributed by atoms with Crippen molar-refractivity contribution in [3.8, 4) is 5.75 Å². The Morgan fingerprint density at radius 3 is 2.72 bits per heavy atom. The maximum Gasteiger partial charge on any atom is 0.204 e. The van der Waals surface area contributed by atoms with E-state index in [0.717, 1.165) is 20.7 Å². The second kappa shape index (κ2) is 5.67. The van der Waals surface area contributed by atoms with Crippen molar-refractivity contribution < 1.29 is 9.53 Å². The molecular formula is C14H13BrO2S. The number of rotatable bonds is 4. The Balaban J connectivity index is 2.34. The van der Waals surface area contributed by atoms with Crippen molar-refractivity contribution in [2.75, 3.05) is 6.61 Å². The molecule has 0 spiro atoms. The highest BCUT2D eigenvalue weighted by Crippen LogP contribution is 2.27. The Morgan fingerprint density at radius 1 is 1.39 bits per heavy atom. The van der Waals surface area contributed by atoms with Crippen molar-refractivity contribution in [3.63, 3.8) is 0 Å². The summed E-state index contributed by atoms with van der Waals surface area (Å²) >= 11 is 4.91. The standard InChI is InChI=1S/C14H13BrO2S/c1-3-17-10-4-5-11(12(15)8-10)13(16)14-9(2)6-7-18-14/h4-8H,3H2,1-2H3. The zero-order valence-electron chi connectivity index (χ0n) is 10.2. The van der Waals surface area contributed by atoms with Crippen LogP contribution in [0.3, 0.4) is 0 Å². The van der Waals surface area contributed by atoms with Crippen molar-refractivity contribution in [2.24, 2.45) is 0 Å². The van der Waals surface area contributed by atoms with Gasteiger partial charge in [0.15, 0.2) is 0 Å². The van der Waals surface area contributed by atoms with Crippen molar-refractivity contribution >= 4 is 33.0 Å². The van der Waals surface area contributed by atoms with Gasteiger partial charge in [0.2, 0.25) is 5.78 Å². The van der Waals surface area contributed by atoms with Gasteiger partial charge in [0.05, 0.1) is 11.5 Å². The molecule has 0 bridgehead atoms. The van der Waals surface area contributed by atoms with E-state index in [2.05, 4.69) is 15.9 Å². The highest BCUT2D eigenvalue weighted by Gasteiger charge is 2.16. The van der Waals surface area contributed by atoms with Gasteiger partial charge in [-0.3, -0.25) is 4.79 Å². The molecule has 0 aliphatic rings. The lowest BCUT2D eigenvalue weighted by atomic mass is 10.1. The van der Waals surface area contributed by atoms with Gasteiger partial charge in [-0.1, -0.05) is 0 Å². The summed E-state index contributed by atoms with van der Waals surface area (Å²) in [7, 11) is 0. The fraction of sp³-hybridized carbons (Fsp3) is 0.214. The molecule has 2 aromatic rings. The predicted molar refractivity (Wildman–Crippen MR) is 77.8 cm³/mol. The molecular weight excluding hydrogens is 312 g/mol. The van der Waals surface area contributed by atoms with Crippen LogP contribution in [-0.2, 0) is 0 Å². The molecule has 0 saturated carbocycles. The van der Waals surface area contributed by atoms with Crippen LogP contribution < -0.4 is 4.74 Å². The van der Waals surface area contributed by atoms with E-state index in [9.17, 15) is 4.79 Å². The molecule has 0 saturated heterocycles. The molecule has 0 radical (unpaired) electrons. The van der Waals surface area contributed by atoms with Crippen molar-refractivity contribution in [3.05, 3.63) is 50.1 Å². The lowest BCUT2D eigenvalue weighted by Crippen LogP contribution is -2.02. The summed E-state index contributed by atoms with van der Waals surface area (Å²) in [6.45, 7) is 4.50. The summed E-state index contributed by atoms with van der Waals surface area (Å²) in [5.74, 6) is 0.821. The molecule has 0 aliphatic carbocycles. The van der Waals surface area contributed by atoms with Gasteiger partial charge in [-0.2, -0.15) is 0 Å². The van der Waals surface area contributed by atoms with E-state index in [1.807, 2.05) is 37.4 Å². The molecule has 0 aliphatic heterocycles. The minimum Gasteiger partial charge on any atom is -0.494 e. The zero-order chi connectivity index (χ0) is 13.1. The molecule has 94 valence electrons. The minimum atomic E-state index is 0.0532. The van der Waals surface area contributed by atoms with Gasteiger partial charge in [-0.25, -0.2) is 0 Å². The van der Waals surface area contributed by atoms with Gasteiger partial charge in [-0.15, -0.1) is 11.3 Å². The summed E-state index contributed by atoms with van der Waals surface area (Å²) in [6.07, 6.45) is 0. The summed E-state index contributed by atoms with van der Waals surface area (Å²) in [5.41, 5.74) is 1.69. The summed E-state index contributed by atoms with van der Waals surface area (Å²) < 4.78 is 6.17. The third kappa shape index (κ3) is 2.65. The normalized spacial score (nSPS) is 10.4. The molecule has 2 rings (SSSR count). The van der Waals surface area contributed by atoms with Crippen LogP contribution in [-0.4, -0.2) is 12.4 Å². The highest BCUT2D eigenvalue weighted by molar-refractivity contribution is 9.10. The molecule has 1 heterocycles.